The summed E-state index contributed by atoms with van der Waals surface area (Å²) in [6.45, 7) is 3.95. The van der Waals surface area contributed by atoms with E-state index in [0.29, 0.717) is 11.1 Å². The number of Topliss-reactive ketones (excluding diaryl/α,β-unsaturated/α-hetero) is 1. The van der Waals surface area contributed by atoms with Gasteiger partial charge in [-0.2, -0.15) is 0 Å². The maximum absolute atomic E-state index is 12.3. The molecule has 1 aliphatic rings. The number of aliphatic hydroxyl groups is 1. The highest BCUT2D eigenvalue weighted by molar-refractivity contribution is 6.11. The molecule has 0 aliphatic heterocycles. The Kier molecular flexibility index (Phi) is 3.19. The van der Waals surface area contributed by atoms with Crippen molar-refractivity contribution in [3.05, 3.63) is 71.5 Å². The summed E-state index contributed by atoms with van der Waals surface area (Å²) < 4.78 is 0. The van der Waals surface area contributed by atoms with E-state index in [0.717, 1.165) is 0 Å². The van der Waals surface area contributed by atoms with Gasteiger partial charge < -0.3 is 5.11 Å². The molecule has 0 spiro atoms. The van der Waals surface area contributed by atoms with E-state index in [-0.39, 0.29) is 17.0 Å². The van der Waals surface area contributed by atoms with Crippen molar-refractivity contribution in [1.29, 1.82) is 0 Å². The molecule has 18 heavy (non-hydrogen) atoms. The standard InChI is InChI=1S/C16H16O2/c1-16(2)10-6-9-13(14(17)11-16)15(18)12-7-4-3-5-8-12/h3-11,17H,1-2H3. The number of allylic oxidation sites excluding steroid dienone is 5. The van der Waals surface area contributed by atoms with Crippen LogP contribution in [0.2, 0.25) is 0 Å². The van der Waals surface area contributed by atoms with Crippen molar-refractivity contribution in [3.8, 4) is 0 Å². The summed E-state index contributed by atoms with van der Waals surface area (Å²) in [6.07, 6.45) is 7.13. The summed E-state index contributed by atoms with van der Waals surface area (Å²) >= 11 is 0. The minimum atomic E-state index is -0.251. The summed E-state index contributed by atoms with van der Waals surface area (Å²) in [5, 5.41) is 10.0. The first-order chi connectivity index (χ1) is 8.49. The molecule has 0 atom stereocenters. The molecule has 0 amide bonds. The molecule has 92 valence electrons. The Morgan fingerprint density at radius 3 is 2.50 bits per heavy atom. The third-order valence-electron chi connectivity index (χ3n) is 2.85. The van der Waals surface area contributed by atoms with Crippen LogP contribution in [0, 0.1) is 5.41 Å². The fourth-order valence-corrected chi connectivity index (χ4v) is 1.89. The topological polar surface area (TPSA) is 37.3 Å². The van der Waals surface area contributed by atoms with Crippen molar-refractivity contribution in [3.63, 3.8) is 0 Å². The summed E-state index contributed by atoms with van der Waals surface area (Å²) in [7, 11) is 0. The summed E-state index contributed by atoms with van der Waals surface area (Å²) in [5.74, 6) is -0.120. The van der Waals surface area contributed by atoms with Crippen LogP contribution >= 0.6 is 0 Å². The molecule has 0 unspecified atom stereocenters. The maximum Gasteiger partial charge on any atom is 0.196 e. The number of aliphatic hydroxyl groups excluding tert-OH is 1. The molecule has 2 heteroatoms. The van der Waals surface area contributed by atoms with E-state index >= 15 is 0 Å². The zero-order valence-corrected chi connectivity index (χ0v) is 10.6. The van der Waals surface area contributed by atoms with E-state index < -0.39 is 0 Å². The third kappa shape index (κ3) is 2.59. The van der Waals surface area contributed by atoms with Gasteiger partial charge in [-0.15, -0.1) is 0 Å². The number of carbonyl (C=O) groups is 1. The molecule has 0 radical (unpaired) electrons. The van der Waals surface area contributed by atoms with Gasteiger partial charge in [0.1, 0.15) is 5.76 Å². The van der Waals surface area contributed by atoms with Crippen LogP contribution in [0.25, 0.3) is 0 Å². The van der Waals surface area contributed by atoms with Crippen molar-refractivity contribution < 1.29 is 9.90 Å². The summed E-state index contributed by atoms with van der Waals surface area (Å²) in [6, 6.07) is 8.97. The predicted molar refractivity (Wildman–Crippen MR) is 72.5 cm³/mol. The first-order valence-corrected chi connectivity index (χ1v) is 5.91. The molecular weight excluding hydrogens is 224 g/mol. The molecule has 0 fully saturated rings. The number of carbonyl (C=O) groups excluding carboxylic acids is 1. The van der Waals surface area contributed by atoms with Gasteiger partial charge in [0.15, 0.2) is 5.78 Å². The molecule has 0 saturated heterocycles. The zero-order valence-electron chi connectivity index (χ0n) is 10.6. The molecule has 0 heterocycles. The van der Waals surface area contributed by atoms with E-state index in [1.165, 1.54) is 0 Å². The minimum Gasteiger partial charge on any atom is -0.507 e. The summed E-state index contributed by atoms with van der Waals surface area (Å²) in [5.41, 5.74) is 0.666. The van der Waals surface area contributed by atoms with Gasteiger partial charge in [-0.25, -0.2) is 0 Å². The number of hydrogen-bond donors (Lipinski definition) is 1. The molecule has 1 N–H and O–H groups in total. The molecule has 2 nitrogen and oxygen atoms in total. The van der Waals surface area contributed by atoms with Crippen LogP contribution in [-0.4, -0.2) is 10.9 Å². The Labute approximate surface area is 107 Å². The van der Waals surface area contributed by atoms with Crippen molar-refractivity contribution in [2.45, 2.75) is 13.8 Å². The molecule has 1 aromatic carbocycles. The molecule has 0 bridgehead atoms. The van der Waals surface area contributed by atoms with Gasteiger partial charge in [-0.3, -0.25) is 4.79 Å². The number of ketones is 1. The van der Waals surface area contributed by atoms with E-state index in [1.54, 1.807) is 24.3 Å². The third-order valence-corrected chi connectivity index (χ3v) is 2.85. The minimum absolute atomic E-state index is 0.0406. The van der Waals surface area contributed by atoms with Crippen molar-refractivity contribution in [2.75, 3.05) is 0 Å². The second-order valence-electron chi connectivity index (χ2n) is 4.99. The van der Waals surface area contributed by atoms with Crippen LogP contribution in [0.5, 0.6) is 0 Å². The average molecular weight is 240 g/mol. The quantitative estimate of drug-likeness (QED) is 0.797. The lowest BCUT2D eigenvalue weighted by Crippen LogP contribution is -2.08. The van der Waals surface area contributed by atoms with Crippen LogP contribution in [0.15, 0.2) is 66.0 Å². The smallest absolute Gasteiger partial charge is 0.196 e. The van der Waals surface area contributed by atoms with Gasteiger partial charge in [0.2, 0.25) is 0 Å². The zero-order chi connectivity index (χ0) is 13.2. The van der Waals surface area contributed by atoms with Crippen molar-refractivity contribution in [1.82, 2.24) is 0 Å². The Hall–Kier alpha value is -2.09. The lowest BCUT2D eigenvalue weighted by molar-refractivity contribution is 0.103. The fraction of sp³-hybridized carbons (Fsp3) is 0.188. The second kappa shape index (κ2) is 4.65. The van der Waals surface area contributed by atoms with Crippen LogP contribution < -0.4 is 0 Å². The van der Waals surface area contributed by atoms with Crippen LogP contribution in [0.4, 0.5) is 0 Å². The van der Waals surface area contributed by atoms with Crippen LogP contribution in [-0.2, 0) is 0 Å². The highest BCUT2D eigenvalue weighted by Gasteiger charge is 2.21. The fourth-order valence-electron chi connectivity index (χ4n) is 1.89. The first-order valence-electron chi connectivity index (χ1n) is 5.91. The van der Waals surface area contributed by atoms with Gasteiger partial charge in [0, 0.05) is 11.0 Å². The number of rotatable bonds is 2. The van der Waals surface area contributed by atoms with E-state index in [9.17, 15) is 9.90 Å². The maximum atomic E-state index is 12.3. The number of benzene rings is 1. The number of hydrogen-bond acceptors (Lipinski definition) is 2. The van der Waals surface area contributed by atoms with Gasteiger partial charge in [0.05, 0.1) is 5.57 Å². The molecule has 1 aliphatic carbocycles. The Bertz CT molecular complexity index is 546. The molecule has 0 aromatic heterocycles. The van der Waals surface area contributed by atoms with Gasteiger partial charge in [-0.05, 0) is 12.2 Å². The SMILES string of the molecule is CC1(C)C=CC=C(C(=O)c2ccccc2)C(O)=C1. The second-order valence-corrected chi connectivity index (χ2v) is 4.99. The lowest BCUT2D eigenvalue weighted by Gasteiger charge is -2.14. The average Bonchev–Trinajstić information content (AvgIpc) is 2.47. The van der Waals surface area contributed by atoms with E-state index in [4.69, 9.17) is 0 Å². The molecule has 0 saturated carbocycles. The predicted octanol–water partition coefficient (Wildman–Crippen LogP) is 3.83. The van der Waals surface area contributed by atoms with E-state index in [1.807, 2.05) is 44.2 Å². The lowest BCUT2D eigenvalue weighted by atomic mass is 9.92. The largest absolute Gasteiger partial charge is 0.507 e. The highest BCUT2D eigenvalue weighted by Crippen LogP contribution is 2.27. The Balaban J connectivity index is 2.38. The first kappa shape index (κ1) is 12.4. The van der Waals surface area contributed by atoms with Gasteiger partial charge in [0.25, 0.3) is 0 Å². The van der Waals surface area contributed by atoms with Crippen molar-refractivity contribution >= 4 is 5.78 Å². The Morgan fingerprint density at radius 1 is 1.17 bits per heavy atom. The normalized spacial score (nSPS) is 17.7. The monoisotopic (exact) mass is 240 g/mol. The Morgan fingerprint density at radius 2 is 1.83 bits per heavy atom. The highest BCUT2D eigenvalue weighted by atomic mass is 16.3. The molecule has 1 aromatic rings. The van der Waals surface area contributed by atoms with Gasteiger partial charge in [-0.1, -0.05) is 56.3 Å². The van der Waals surface area contributed by atoms with E-state index in [2.05, 4.69) is 0 Å². The van der Waals surface area contributed by atoms with Crippen LogP contribution in [0.1, 0.15) is 24.2 Å². The molecular formula is C16H16O2. The van der Waals surface area contributed by atoms with Gasteiger partial charge >= 0.3 is 0 Å². The molecule has 2 rings (SSSR count). The van der Waals surface area contributed by atoms with Crippen molar-refractivity contribution in [2.24, 2.45) is 5.41 Å². The van der Waals surface area contributed by atoms with Crippen LogP contribution in [0.3, 0.4) is 0 Å². The summed E-state index contributed by atoms with van der Waals surface area (Å²) in [4.78, 5) is 12.3.